The third-order valence-electron chi connectivity index (χ3n) is 1.59. The lowest BCUT2D eigenvalue weighted by Crippen LogP contribution is -2.27. The molecule has 1 aromatic rings. The van der Waals surface area contributed by atoms with Crippen molar-refractivity contribution >= 4 is 27.6 Å². The van der Waals surface area contributed by atoms with E-state index >= 15 is 0 Å². The van der Waals surface area contributed by atoms with Crippen molar-refractivity contribution in [2.75, 3.05) is 0 Å². The highest BCUT2D eigenvalue weighted by molar-refractivity contribution is 9.10. The van der Waals surface area contributed by atoms with Gasteiger partial charge in [-0.3, -0.25) is 5.21 Å². The van der Waals surface area contributed by atoms with E-state index in [1.807, 2.05) is 0 Å². The van der Waals surface area contributed by atoms with E-state index in [0.717, 1.165) is 0 Å². The lowest BCUT2D eigenvalue weighted by atomic mass is 10.2. The molecule has 0 amide bonds. The van der Waals surface area contributed by atoms with Gasteiger partial charge in [0.1, 0.15) is 5.82 Å². The summed E-state index contributed by atoms with van der Waals surface area (Å²) in [5, 5.41) is 8.42. The predicted molar refractivity (Wildman–Crippen MR) is 55.0 cm³/mol. The molecule has 0 radical (unpaired) electrons. The molecule has 1 aromatic carbocycles. The maximum absolute atomic E-state index is 13.0. The summed E-state index contributed by atoms with van der Waals surface area (Å²) in [6.07, 6.45) is 0. The summed E-state index contributed by atoms with van der Waals surface area (Å²) >= 11 is 3.02. The first-order chi connectivity index (χ1) is 6.54. The summed E-state index contributed by atoms with van der Waals surface area (Å²) < 4.78 is 13.3. The molecular weight excluding hydrogens is 253 g/mol. The maximum atomic E-state index is 13.0. The Bertz CT molecular complexity index is 381. The van der Waals surface area contributed by atoms with Gasteiger partial charge in [-0.05, 0) is 40.5 Å². The Kier molecular flexibility index (Phi) is 3.43. The van der Waals surface area contributed by atoms with E-state index in [4.69, 9.17) is 10.9 Å². The van der Waals surface area contributed by atoms with E-state index in [-0.39, 0.29) is 11.8 Å². The third-order valence-corrected chi connectivity index (χ3v) is 2.20. The number of nitrogens with zero attached hydrogens (tertiary/aromatic N) is 1. The zero-order valence-electron chi connectivity index (χ0n) is 7.38. The largest absolute Gasteiger partial charge is 0.368 e. The van der Waals surface area contributed by atoms with Crippen LogP contribution in [0.4, 0.5) is 10.1 Å². The quantitative estimate of drug-likeness (QED) is 0.410. The molecule has 14 heavy (non-hydrogen) atoms. The second kappa shape index (κ2) is 4.39. The third kappa shape index (κ3) is 2.43. The van der Waals surface area contributed by atoms with Gasteiger partial charge in [-0.2, -0.15) is 0 Å². The number of benzene rings is 1. The molecule has 0 saturated heterocycles. The number of nitrogens with one attached hydrogen (secondary N) is 1. The molecule has 0 aliphatic rings. The van der Waals surface area contributed by atoms with Crippen LogP contribution in [0.5, 0.6) is 0 Å². The van der Waals surface area contributed by atoms with Crippen LogP contribution in [0.1, 0.15) is 5.56 Å². The molecule has 0 aliphatic carbocycles. The number of aryl methyl sites for hydroxylation is 1. The zero-order chi connectivity index (χ0) is 10.7. The molecule has 6 heteroatoms. The van der Waals surface area contributed by atoms with Crippen molar-refractivity contribution in [3.8, 4) is 0 Å². The van der Waals surface area contributed by atoms with Crippen LogP contribution in [0.15, 0.2) is 21.6 Å². The lowest BCUT2D eigenvalue weighted by molar-refractivity contribution is 0.233. The molecule has 0 aromatic heterocycles. The van der Waals surface area contributed by atoms with Crippen molar-refractivity contribution in [3.63, 3.8) is 0 Å². The second-order valence-corrected chi connectivity index (χ2v) is 3.52. The highest BCUT2D eigenvalue weighted by Crippen LogP contribution is 2.26. The number of hydrogen-bond donors (Lipinski definition) is 3. The Morgan fingerprint density at radius 1 is 1.64 bits per heavy atom. The maximum Gasteiger partial charge on any atom is 0.218 e. The molecule has 0 bridgehead atoms. The predicted octanol–water partition coefficient (Wildman–Crippen LogP) is 1.82. The van der Waals surface area contributed by atoms with Gasteiger partial charge in [0.2, 0.25) is 5.96 Å². The average Bonchev–Trinajstić information content (AvgIpc) is 2.14. The molecule has 4 nitrogen and oxygen atoms in total. The number of aliphatic imine (C=N–C) groups is 1. The van der Waals surface area contributed by atoms with Crippen LogP contribution in [0.25, 0.3) is 0 Å². The standard InChI is InChI=1S/C8H9BrFN3O/c1-4-2-6(10)5(9)3-7(4)12-8(11)13-14/h2-3,14H,1H3,(H3,11,12,13). The van der Waals surface area contributed by atoms with Gasteiger partial charge >= 0.3 is 0 Å². The summed E-state index contributed by atoms with van der Waals surface area (Å²) in [5.74, 6) is -0.511. The first kappa shape index (κ1) is 10.9. The van der Waals surface area contributed by atoms with Crippen molar-refractivity contribution in [1.29, 1.82) is 0 Å². The lowest BCUT2D eigenvalue weighted by Gasteiger charge is -2.03. The van der Waals surface area contributed by atoms with Crippen LogP contribution >= 0.6 is 15.9 Å². The molecule has 0 spiro atoms. The van der Waals surface area contributed by atoms with Gasteiger partial charge in [-0.15, -0.1) is 0 Å². The van der Waals surface area contributed by atoms with Crippen LogP contribution in [-0.2, 0) is 0 Å². The topological polar surface area (TPSA) is 70.6 Å². The van der Waals surface area contributed by atoms with Crippen molar-refractivity contribution in [2.24, 2.45) is 10.7 Å². The number of rotatable bonds is 1. The van der Waals surface area contributed by atoms with Gasteiger partial charge in [0.15, 0.2) is 0 Å². The number of guanidine groups is 1. The molecule has 0 atom stereocenters. The molecule has 0 fully saturated rings. The van der Waals surface area contributed by atoms with Gasteiger partial charge in [0, 0.05) is 0 Å². The Hall–Kier alpha value is -1.14. The highest BCUT2D eigenvalue weighted by atomic mass is 79.9. The van der Waals surface area contributed by atoms with Gasteiger partial charge in [0.05, 0.1) is 10.2 Å². The second-order valence-electron chi connectivity index (χ2n) is 2.66. The summed E-state index contributed by atoms with van der Waals surface area (Å²) in [6.45, 7) is 1.69. The van der Waals surface area contributed by atoms with Gasteiger partial charge in [0.25, 0.3) is 0 Å². The average molecular weight is 262 g/mol. The van der Waals surface area contributed by atoms with Gasteiger partial charge in [-0.1, -0.05) is 0 Å². The summed E-state index contributed by atoms with van der Waals surface area (Å²) in [4.78, 5) is 3.82. The molecule has 0 heterocycles. The van der Waals surface area contributed by atoms with Gasteiger partial charge < -0.3 is 5.73 Å². The monoisotopic (exact) mass is 261 g/mol. The molecule has 0 aliphatic heterocycles. The molecule has 0 saturated carbocycles. The summed E-state index contributed by atoms with van der Waals surface area (Å²) in [7, 11) is 0. The van der Waals surface area contributed by atoms with Crippen LogP contribution in [0.3, 0.4) is 0 Å². The number of nitrogens with two attached hydrogens (primary N) is 1. The Morgan fingerprint density at radius 3 is 2.86 bits per heavy atom. The summed E-state index contributed by atoms with van der Waals surface area (Å²) in [5.41, 5.74) is 8.05. The van der Waals surface area contributed by atoms with E-state index in [1.54, 1.807) is 12.4 Å². The van der Waals surface area contributed by atoms with Crippen molar-refractivity contribution in [3.05, 3.63) is 28.0 Å². The van der Waals surface area contributed by atoms with E-state index in [0.29, 0.717) is 15.7 Å². The van der Waals surface area contributed by atoms with Gasteiger partial charge in [-0.25, -0.2) is 14.9 Å². The molecular formula is C8H9BrFN3O. The molecule has 1 rings (SSSR count). The summed E-state index contributed by atoms with van der Waals surface area (Å²) in [6, 6.07) is 2.81. The molecule has 0 unspecified atom stereocenters. The van der Waals surface area contributed by atoms with E-state index in [2.05, 4.69) is 20.9 Å². The first-order valence-electron chi connectivity index (χ1n) is 3.74. The minimum absolute atomic E-state index is 0.147. The number of halogens is 2. The van der Waals surface area contributed by atoms with E-state index in [9.17, 15) is 4.39 Å². The normalized spacial score (nSPS) is 11.6. The van der Waals surface area contributed by atoms with E-state index < -0.39 is 0 Å². The first-order valence-corrected chi connectivity index (χ1v) is 4.54. The van der Waals surface area contributed by atoms with Crippen LogP contribution < -0.4 is 11.2 Å². The minimum Gasteiger partial charge on any atom is -0.368 e. The Balaban J connectivity index is 3.16. The fourth-order valence-corrected chi connectivity index (χ4v) is 1.24. The number of hydrogen-bond acceptors (Lipinski definition) is 2. The fourth-order valence-electron chi connectivity index (χ4n) is 0.911. The molecule has 4 N–H and O–H groups in total. The smallest absolute Gasteiger partial charge is 0.218 e. The van der Waals surface area contributed by atoms with Crippen molar-refractivity contribution < 1.29 is 9.60 Å². The number of hydroxylamine groups is 1. The van der Waals surface area contributed by atoms with E-state index in [1.165, 1.54) is 12.1 Å². The minimum atomic E-state index is -0.364. The SMILES string of the molecule is Cc1cc(F)c(Br)cc1N=C(N)NO. The highest BCUT2D eigenvalue weighted by Gasteiger charge is 2.04. The van der Waals surface area contributed by atoms with Crippen molar-refractivity contribution in [2.45, 2.75) is 6.92 Å². The van der Waals surface area contributed by atoms with Crippen LogP contribution in [0.2, 0.25) is 0 Å². The van der Waals surface area contributed by atoms with Crippen LogP contribution in [-0.4, -0.2) is 11.2 Å². The van der Waals surface area contributed by atoms with Crippen molar-refractivity contribution in [1.82, 2.24) is 5.48 Å². The fraction of sp³-hybridized carbons (Fsp3) is 0.125. The zero-order valence-corrected chi connectivity index (χ0v) is 8.97. The van der Waals surface area contributed by atoms with Crippen LogP contribution in [0, 0.1) is 12.7 Å². The molecule has 76 valence electrons. The Morgan fingerprint density at radius 2 is 2.29 bits per heavy atom. The Labute approximate surface area is 88.7 Å².